The topological polar surface area (TPSA) is 131 Å². The molecular weight excluding hydrogens is 476 g/mol. The normalized spacial score (nSPS) is 10.3. The number of hydrogen-bond acceptors (Lipinski definition) is 6. The number of carbonyl (C=O) groups is 3. The number of nitro benzene ring substituents is 1. The Labute approximate surface area is 214 Å². The summed E-state index contributed by atoms with van der Waals surface area (Å²) in [4.78, 5) is 49.0. The van der Waals surface area contributed by atoms with Crippen molar-refractivity contribution in [2.45, 2.75) is 12.8 Å². The van der Waals surface area contributed by atoms with Crippen LogP contribution in [-0.4, -0.2) is 53.9 Å². The van der Waals surface area contributed by atoms with Gasteiger partial charge in [-0.3, -0.25) is 19.7 Å². The zero-order valence-corrected chi connectivity index (χ0v) is 20.2. The fourth-order valence-corrected chi connectivity index (χ4v) is 3.44. The Hall–Kier alpha value is -4.73. The molecule has 0 aliphatic heterocycles. The third-order valence-electron chi connectivity index (χ3n) is 5.33. The molecule has 0 aliphatic carbocycles. The van der Waals surface area contributed by atoms with Crippen LogP contribution in [0, 0.1) is 10.1 Å². The fourth-order valence-electron chi connectivity index (χ4n) is 3.44. The summed E-state index contributed by atoms with van der Waals surface area (Å²) in [6, 6.07) is 23.7. The summed E-state index contributed by atoms with van der Waals surface area (Å²) in [6.45, 7) is 0.639. The van der Waals surface area contributed by atoms with Crippen molar-refractivity contribution in [3.63, 3.8) is 0 Å². The highest BCUT2D eigenvalue weighted by Gasteiger charge is 2.17. The van der Waals surface area contributed by atoms with Crippen molar-refractivity contribution in [1.29, 1.82) is 0 Å². The average molecular weight is 505 g/mol. The van der Waals surface area contributed by atoms with Gasteiger partial charge in [0.25, 0.3) is 5.69 Å². The van der Waals surface area contributed by atoms with Crippen LogP contribution in [-0.2, 0) is 22.4 Å². The van der Waals surface area contributed by atoms with E-state index in [4.69, 9.17) is 4.74 Å². The molecule has 0 saturated carbocycles. The molecule has 0 bridgehead atoms. The molecule has 0 unspecified atom stereocenters. The summed E-state index contributed by atoms with van der Waals surface area (Å²) in [7, 11) is 0. The molecule has 10 heteroatoms. The largest absolute Gasteiger partial charge is 0.415 e. The highest BCUT2D eigenvalue weighted by molar-refractivity contribution is 5.79. The van der Waals surface area contributed by atoms with Gasteiger partial charge in [0.15, 0.2) is 0 Å². The summed E-state index contributed by atoms with van der Waals surface area (Å²) < 4.78 is 5.36. The summed E-state index contributed by atoms with van der Waals surface area (Å²) >= 11 is 0. The van der Waals surface area contributed by atoms with Gasteiger partial charge in [0.2, 0.25) is 11.8 Å². The molecule has 3 aromatic carbocycles. The van der Waals surface area contributed by atoms with Crippen LogP contribution in [0.5, 0.6) is 5.75 Å². The molecule has 0 aromatic heterocycles. The molecule has 37 heavy (non-hydrogen) atoms. The molecule has 0 spiro atoms. The third kappa shape index (κ3) is 9.44. The molecule has 0 aliphatic rings. The number of carbonyl (C=O) groups excluding carboxylic acids is 3. The number of benzene rings is 3. The number of amides is 3. The van der Waals surface area contributed by atoms with E-state index in [0.29, 0.717) is 0 Å². The van der Waals surface area contributed by atoms with E-state index in [9.17, 15) is 24.5 Å². The number of nitrogens with zero attached hydrogens (tertiary/aromatic N) is 2. The van der Waals surface area contributed by atoms with Gasteiger partial charge in [0.1, 0.15) is 5.75 Å². The first-order valence-corrected chi connectivity index (χ1v) is 11.7. The Kier molecular flexibility index (Phi) is 10.2. The van der Waals surface area contributed by atoms with Crippen molar-refractivity contribution in [1.82, 2.24) is 15.5 Å². The first kappa shape index (κ1) is 26.9. The minimum absolute atomic E-state index is 0.126. The van der Waals surface area contributed by atoms with E-state index in [1.807, 2.05) is 60.7 Å². The maximum absolute atomic E-state index is 12.8. The van der Waals surface area contributed by atoms with Gasteiger partial charge in [0.05, 0.1) is 17.8 Å². The number of ether oxygens (including phenoxy) is 1. The molecule has 0 atom stereocenters. The second-order valence-corrected chi connectivity index (χ2v) is 8.13. The van der Waals surface area contributed by atoms with E-state index in [1.54, 1.807) is 0 Å². The summed E-state index contributed by atoms with van der Waals surface area (Å²) in [5.41, 5.74) is 1.62. The third-order valence-corrected chi connectivity index (χ3v) is 5.33. The van der Waals surface area contributed by atoms with Crippen LogP contribution in [0.15, 0.2) is 84.9 Å². The van der Waals surface area contributed by atoms with Crippen molar-refractivity contribution >= 4 is 23.6 Å². The van der Waals surface area contributed by atoms with Gasteiger partial charge in [0, 0.05) is 38.3 Å². The predicted molar refractivity (Wildman–Crippen MR) is 137 cm³/mol. The van der Waals surface area contributed by atoms with Gasteiger partial charge in [-0.05, 0) is 23.3 Å². The number of nitrogens with one attached hydrogen (secondary N) is 2. The Morgan fingerprint density at radius 1 is 0.730 bits per heavy atom. The number of nitro groups is 1. The monoisotopic (exact) mass is 504 g/mol. The van der Waals surface area contributed by atoms with Gasteiger partial charge in [-0.15, -0.1) is 0 Å². The first-order valence-electron chi connectivity index (χ1n) is 11.7. The molecule has 3 amide bonds. The smallest absolute Gasteiger partial charge is 0.410 e. The van der Waals surface area contributed by atoms with Gasteiger partial charge < -0.3 is 20.3 Å². The zero-order valence-electron chi connectivity index (χ0n) is 20.2. The first-order chi connectivity index (χ1) is 17.9. The predicted octanol–water partition coefficient (Wildman–Crippen LogP) is 3.11. The van der Waals surface area contributed by atoms with Crippen LogP contribution in [0.4, 0.5) is 10.5 Å². The minimum atomic E-state index is -0.705. The van der Waals surface area contributed by atoms with Crippen LogP contribution in [0.3, 0.4) is 0 Å². The van der Waals surface area contributed by atoms with Crippen molar-refractivity contribution < 1.29 is 24.0 Å². The van der Waals surface area contributed by atoms with Crippen LogP contribution in [0.25, 0.3) is 0 Å². The Balaban J connectivity index is 1.54. The summed E-state index contributed by atoms with van der Waals surface area (Å²) in [5.74, 6) is -0.237. The van der Waals surface area contributed by atoms with Gasteiger partial charge >= 0.3 is 6.09 Å². The molecule has 3 aromatic rings. The van der Waals surface area contributed by atoms with Crippen molar-refractivity contribution in [3.8, 4) is 5.75 Å². The Morgan fingerprint density at radius 2 is 1.19 bits per heavy atom. The van der Waals surface area contributed by atoms with E-state index in [-0.39, 0.29) is 62.3 Å². The van der Waals surface area contributed by atoms with E-state index in [0.717, 1.165) is 11.1 Å². The maximum Gasteiger partial charge on any atom is 0.415 e. The van der Waals surface area contributed by atoms with E-state index in [2.05, 4.69) is 10.6 Å². The summed E-state index contributed by atoms with van der Waals surface area (Å²) in [6.07, 6.45) is -0.281. The van der Waals surface area contributed by atoms with E-state index >= 15 is 0 Å². The molecule has 2 N–H and O–H groups in total. The SMILES string of the molecule is O=C(Cc1ccccc1)NCCN(CCNC(=O)Cc1ccccc1)C(=O)Oc1ccc([N+](=O)[O-])cc1. The quantitative estimate of drug-likeness (QED) is 0.288. The molecule has 0 fully saturated rings. The average Bonchev–Trinajstić information content (AvgIpc) is 2.89. The molecule has 192 valence electrons. The Bertz CT molecular complexity index is 1130. The lowest BCUT2D eigenvalue weighted by molar-refractivity contribution is -0.384. The lowest BCUT2D eigenvalue weighted by Crippen LogP contribution is -2.44. The second kappa shape index (κ2) is 14.0. The highest BCUT2D eigenvalue weighted by atomic mass is 16.6. The fraction of sp³-hybridized carbons (Fsp3) is 0.222. The molecule has 10 nitrogen and oxygen atoms in total. The van der Waals surface area contributed by atoms with Gasteiger partial charge in [-0.1, -0.05) is 60.7 Å². The van der Waals surface area contributed by atoms with Crippen molar-refractivity contribution in [2.75, 3.05) is 26.2 Å². The Morgan fingerprint density at radius 3 is 1.62 bits per heavy atom. The number of non-ortho nitro benzene ring substituents is 1. The minimum Gasteiger partial charge on any atom is -0.410 e. The number of rotatable bonds is 12. The molecule has 0 heterocycles. The van der Waals surface area contributed by atoms with Crippen LogP contribution in [0.1, 0.15) is 11.1 Å². The van der Waals surface area contributed by atoms with Crippen LogP contribution < -0.4 is 15.4 Å². The number of hydrogen-bond donors (Lipinski definition) is 2. The van der Waals surface area contributed by atoms with E-state index < -0.39 is 11.0 Å². The highest BCUT2D eigenvalue weighted by Crippen LogP contribution is 2.18. The molecule has 0 saturated heterocycles. The lowest BCUT2D eigenvalue weighted by Gasteiger charge is -2.22. The summed E-state index contributed by atoms with van der Waals surface area (Å²) in [5, 5.41) is 16.4. The van der Waals surface area contributed by atoms with Crippen molar-refractivity contribution in [3.05, 3.63) is 106 Å². The lowest BCUT2D eigenvalue weighted by atomic mass is 10.1. The van der Waals surface area contributed by atoms with Gasteiger partial charge in [-0.25, -0.2) is 4.79 Å². The zero-order chi connectivity index (χ0) is 26.5. The maximum atomic E-state index is 12.8. The second-order valence-electron chi connectivity index (χ2n) is 8.13. The molecular formula is C27H28N4O6. The van der Waals surface area contributed by atoms with Crippen LogP contribution in [0.2, 0.25) is 0 Å². The standard InChI is InChI=1S/C27H28N4O6/c32-25(19-21-7-3-1-4-8-21)28-15-17-30(18-16-29-26(33)20-22-9-5-2-6-10-22)27(34)37-24-13-11-23(12-14-24)31(35)36/h1-14H,15-20H2,(H,28,32)(H,29,33). The molecule has 3 rings (SSSR count). The van der Waals surface area contributed by atoms with Crippen molar-refractivity contribution in [2.24, 2.45) is 0 Å². The molecule has 0 radical (unpaired) electrons. The van der Waals surface area contributed by atoms with E-state index in [1.165, 1.54) is 29.2 Å². The van der Waals surface area contributed by atoms with Crippen LogP contribution >= 0.6 is 0 Å². The van der Waals surface area contributed by atoms with Gasteiger partial charge in [-0.2, -0.15) is 0 Å².